The molecule has 1 aliphatic rings. The first-order valence-corrected chi connectivity index (χ1v) is 10.3. The fourth-order valence-corrected chi connectivity index (χ4v) is 3.34. The molecule has 4 aromatic rings. The first-order valence-electron chi connectivity index (χ1n) is 9.91. The van der Waals surface area contributed by atoms with Gasteiger partial charge >= 0.3 is 0 Å². The van der Waals surface area contributed by atoms with Crippen LogP contribution in [0.2, 0.25) is 5.02 Å². The molecule has 5 rings (SSSR count). The molecule has 2 heterocycles. The van der Waals surface area contributed by atoms with Crippen molar-refractivity contribution in [2.45, 2.75) is 12.7 Å². The van der Waals surface area contributed by atoms with E-state index in [0.29, 0.717) is 11.0 Å². The molecule has 3 aromatic carbocycles. The second kappa shape index (κ2) is 8.34. The average molecular weight is 434 g/mol. The topological polar surface area (TPSA) is 71.5 Å². The van der Waals surface area contributed by atoms with Crippen molar-refractivity contribution in [3.63, 3.8) is 0 Å². The largest absolute Gasteiger partial charge is 0.465 e. The molecule has 0 saturated carbocycles. The molecule has 1 atom stereocenters. The fourth-order valence-electron chi connectivity index (χ4n) is 3.22. The van der Waals surface area contributed by atoms with Crippen LogP contribution in [0.3, 0.4) is 0 Å². The summed E-state index contributed by atoms with van der Waals surface area (Å²) in [6, 6.07) is 22.6. The summed E-state index contributed by atoms with van der Waals surface area (Å²) in [5.74, 6) is 2.62. The third-order valence-electron chi connectivity index (χ3n) is 4.97. The molecule has 0 spiro atoms. The van der Waals surface area contributed by atoms with Gasteiger partial charge in [0.05, 0.1) is 12.3 Å². The first-order chi connectivity index (χ1) is 15.1. The van der Waals surface area contributed by atoms with E-state index in [1.165, 1.54) is 0 Å². The number of hydrogen-bond donors (Lipinski definition) is 1. The van der Waals surface area contributed by atoms with Crippen molar-refractivity contribution >= 4 is 17.5 Å². The summed E-state index contributed by atoms with van der Waals surface area (Å²) < 4.78 is 18.7. The van der Waals surface area contributed by atoms with Gasteiger partial charge in [-0.3, -0.25) is 4.57 Å². The van der Waals surface area contributed by atoms with Gasteiger partial charge in [-0.25, -0.2) is 4.98 Å². The second-order valence-corrected chi connectivity index (χ2v) is 7.57. The molecule has 156 valence electrons. The minimum Gasteiger partial charge on any atom is -0.465 e. The smallest absolute Gasteiger partial charge is 0.205 e. The Labute approximate surface area is 184 Å². The van der Waals surface area contributed by atoms with Crippen LogP contribution in [0.1, 0.15) is 6.42 Å². The fraction of sp³-hybridized carbons (Fsp3) is 0.125. The van der Waals surface area contributed by atoms with Crippen molar-refractivity contribution in [1.29, 1.82) is 0 Å². The highest BCUT2D eigenvalue weighted by Crippen LogP contribution is 2.28. The summed E-state index contributed by atoms with van der Waals surface area (Å²) in [6.07, 6.45) is 2.70. The molecule has 0 radical (unpaired) electrons. The Balaban J connectivity index is 1.31. The van der Waals surface area contributed by atoms with Gasteiger partial charge in [0.15, 0.2) is 0 Å². The number of benzene rings is 3. The number of rotatable bonds is 6. The van der Waals surface area contributed by atoms with Crippen molar-refractivity contribution in [3.05, 3.63) is 84.0 Å². The monoisotopic (exact) mass is 433 g/mol. The van der Waals surface area contributed by atoms with Gasteiger partial charge in [0.1, 0.15) is 17.2 Å². The molecule has 31 heavy (non-hydrogen) atoms. The zero-order valence-corrected chi connectivity index (χ0v) is 17.3. The maximum absolute atomic E-state index is 6.17. The van der Waals surface area contributed by atoms with Gasteiger partial charge in [-0.15, -0.1) is 0 Å². The Kier molecular flexibility index (Phi) is 5.24. The third kappa shape index (κ3) is 4.35. The highest BCUT2D eigenvalue weighted by Gasteiger charge is 2.19. The lowest BCUT2D eigenvalue weighted by molar-refractivity contribution is -0.165. The Bertz CT molecular complexity index is 1170. The zero-order chi connectivity index (χ0) is 21.2. The van der Waals surface area contributed by atoms with E-state index in [0.717, 1.165) is 47.2 Å². The lowest BCUT2D eigenvalue weighted by atomic mass is 10.1. The number of hydrogen-bond acceptors (Lipinski definition) is 5. The summed E-state index contributed by atoms with van der Waals surface area (Å²) in [5, 5.41) is 0.670. The average Bonchev–Trinajstić information content (AvgIpc) is 3.15. The second-order valence-electron chi connectivity index (χ2n) is 7.14. The van der Waals surface area contributed by atoms with Crippen molar-refractivity contribution in [3.8, 4) is 34.2 Å². The van der Waals surface area contributed by atoms with E-state index in [-0.39, 0.29) is 6.29 Å². The van der Waals surface area contributed by atoms with Gasteiger partial charge in [0, 0.05) is 28.9 Å². The molecule has 1 aliphatic heterocycles. The van der Waals surface area contributed by atoms with E-state index >= 15 is 0 Å². The van der Waals surface area contributed by atoms with Crippen LogP contribution >= 0.6 is 11.6 Å². The van der Waals surface area contributed by atoms with E-state index < -0.39 is 0 Å². The first kappa shape index (κ1) is 19.5. The molecular formula is C24H20ClN3O3. The molecular weight excluding hydrogens is 414 g/mol. The number of imidazole rings is 1. The molecule has 0 aliphatic carbocycles. The summed E-state index contributed by atoms with van der Waals surface area (Å²) in [7, 11) is 0. The number of nitrogen functional groups attached to an aromatic ring is 1. The number of halogens is 1. The van der Waals surface area contributed by atoms with Crippen LogP contribution in [0.4, 0.5) is 5.95 Å². The van der Waals surface area contributed by atoms with Crippen LogP contribution < -0.4 is 15.2 Å². The van der Waals surface area contributed by atoms with Gasteiger partial charge in [0.2, 0.25) is 12.2 Å². The highest BCUT2D eigenvalue weighted by atomic mass is 35.5. The normalized spacial score (nSPS) is 15.3. The van der Waals surface area contributed by atoms with E-state index in [9.17, 15) is 0 Å². The van der Waals surface area contributed by atoms with Gasteiger partial charge < -0.3 is 19.9 Å². The van der Waals surface area contributed by atoms with Gasteiger partial charge in [0.25, 0.3) is 0 Å². The Hall–Kier alpha value is -3.48. The standard InChI is InChI=1S/C24H20ClN3O3/c25-17-3-9-19(10-4-17)30-20-11-5-18(6-12-20)28-15-22(27-24(28)26)16-1-7-21(8-2-16)31-23-13-14-29-23/h1-12,15,23H,13-14H2,(H2,26,27). The molecule has 0 amide bonds. The zero-order valence-electron chi connectivity index (χ0n) is 16.6. The van der Waals surface area contributed by atoms with E-state index in [2.05, 4.69) is 4.98 Å². The summed E-state index contributed by atoms with van der Waals surface area (Å²) >= 11 is 5.91. The van der Waals surface area contributed by atoms with E-state index in [1.807, 2.05) is 71.4 Å². The quantitative estimate of drug-likeness (QED) is 0.422. The molecule has 1 unspecified atom stereocenters. The van der Waals surface area contributed by atoms with Gasteiger partial charge in [-0.05, 0) is 72.8 Å². The summed E-state index contributed by atoms with van der Waals surface area (Å²) in [6.45, 7) is 0.758. The van der Waals surface area contributed by atoms with Gasteiger partial charge in [-0.1, -0.05) is 11.6 Å². The van der Waals surface area contributed by atoms with E-state index in [1.54, 1.807) is 12.1 Å². The number of ether oxygens (including phenoxy) is 3. The Morgan fingerprint density at radius 1 is 0.903 bits per heavy atom. The van der Waals surface area contributed by atoms with Crippen LogP contribution in [0.5, 0.6) is 17.2 Å². The van der Waals surface area contributed by atoms with Crippen LogP contribution in [0, 0.1) is 0 Å². The minimum atomic E-state index is -0.132. The van der Waals surface area contributed by atoms with Crippen molar-refractivity contribution < 1.29 is 14.2 Å². The molecule has 1 fully saturated rings. The maximum Gasteiger partial charge on any atom is 0.205 e. The predicted molar refractivity (Wildman–Crippen MR) is 120 cm³/mol. The SMILES string of the molecule is Nc1nc(-c2ccc(OC3CCO3)cc2)cn1-c1ccc(Oc2ccc(Cl)cc2)cc1. The summed E-state index contributed by atoms with van der Waals surface area (Å²) in [5.41, 5.74) is 8.80. The van der Waals surface area contributed by atoms with Crippen LogP contribution in [0.15, 0.2) is 79.0 Å². The lowest BCUT2D eigenvalue weighted by Crippen LogP contribution is -2.32. The molecule has 6 nitrogen and oxygen atoms in total. The molecule has 1 saturated heterocycles. The van der Waals surface area contributed by atoms with Crippen LogP contribution in [0.25, 0.3) is 16.9 Å². The van der Waals surface area contributed by atoms with Gasteiger partial charge in [-0.2, -0.15) is 0 Å². The minimum absolute atomic E-state index is 0.132. The van der Waals surface area contributed by atoms with Crippen LogP contribution in [-0.2, 0) is 4.74 Å². The number of aromatic nitrogens is 2. The van der Waals surface area contributed by atoms with Crippen molar-refractivity contribution in [2.75, 3.05) is 12.3 Å². The lowest BCUT2D eigenvalue weighted by Gasteiger charge is -2.26. The Morgan fingerprint density at radius 2 is 1.52 bits per heavy atom. The highest BCUT2D eigenvalue weighted by molar-refractivity contribution is 6.30. The number of nitrogens with two attached hydrogens (primary N) is 1. The molecule has 0 bridgehead atoms. The molecule has 1 aromatic heterocycles. The molecule has 2 N–H and O–H groups in total. The number of nitrogens with zero attached hydrogens (tertiary/aromatic N) is 2. The van der Waals surface area contributed by atoms with E-state index in [4.69, 9.17) is 31.5 Å². The maximum atomic E-state index is 6.17. The summed E-state index contributed by atoms with van der Waals surface area (Å²) in [4.78, 5) is 4.51. The van der Waals surface area contributed by atoms with Crippen LogP contribution in [-0.4, -0.2) is 22.4 Å². The third-order valence-corrected chi connectivity index (χ3v) is 5.22. The molecule has 7 heteroatoms. The number of anilines is 1. The Morgan fingerprint density at radius 3 is 2.13 bits per heavy atom. The van der Waals surface area contributed by atoms with Crippen molar-refractivity contribution in [2.24, 2.45) is 0 Å². The predicted octanol–water partition coefficient (Wildman–Crippen LogP) is 5.69. The van der Waals surface area contributed by atoms with Crippen molar-refractivity contribution in [1.82, 2.24) is 9.55 Å².